The van der Waals surface area contributed by atoms with Crippen LogP contribution in [0.4, 0.5) is 0 Å². The lowest BCUT2D eigenvalue weighted by molar-refractivity contribution is 0.653. The van der Waals surface area contributed by atoms with E-state index in [1.807, 2.05) is 55.6 Å². The number of nitrogens with zero attached hydrogens (tertiary/aromatic N) is 2. The van der Waals surface area contributed by atoms with Crippen molar-refractivity contribution >= 4 is 22.1 Å². The number of aryl methyl sites for hydroxylation is 1. The Labute approximate surface area is 151 Å². The van der Waals surface area contributed by atoms with Crippen LogP contribution in [0.25, 0.3) is 44.5 Å². The Bertz CT molecular complexity index is 1220. The Kier molecular flexibility index (Phi) is 3.32. The first-order valence-corrected chi connectivity index (χ1v) is 8.60. The molecule has 0 unspecified atom stereocenters. The number of benzene rings is 2. The van der Waals surface area contributed by atoms with Gasteiger partial charge in [0.05, 0.1) is 5.69 Å². The molecule has 0 spiro atoms. The molecule has 0 amide bonds. The summed E-state index contributed by atoms with van der Waals surface area (Å²) in [5.41, 5.74) is 6.60. The molecule has 3 aromatic heterocycles. The minimum Gasteiger partial charge on any atom is -0.437 e. The van der Waals surface area contributed by atoms with E-state index in [1.165, 1.54) is 0 Å². The highest BCUT2D eigenvalue weighted by Gasteiger charge is 2.13. The summed E-state index contributed by atoms with van der Waals surface area (Å²) >= 11 is 0. The Morgan fingerprint density at radius 2 is 1.62 bits per heavy atom. The molecule has 0 fully saturated rings. The van der Waals surface area contributed by atoms with Gasteiger partial charge >= 0.3 is 0 Å². The van der Waals surface area contributed by atoms with Crippen LogP contribution in [0.1, 0.15) is 5.69 Å². The fourth-order valence-corrected chi connectivity index (χ4v) is 3.33. The highest BCUT2D eigenvalue weighted by molar-refractivity contribution is 6.08. The first-order chi connectivity index (χ1) is 12.8. The zero-order valence-corrected chi connectivity index (χ0v) is 14.3. The van der Waals surface area contributed by atoms with Crippen molar-refractivity contribution in [1.82, 2.24) is 9.97 Å². The topological polar surface area (TPSA) is 38.9 Å². The van der Waals surface area contributed by atoms with Gasteiger partial charge in [-0.05, 0) is 36.8 Å². The van der Waals surface area contributed by atoms with Gasteiger partial charge in [-0.2, -0.15) is 0 Å². The molecule has 0 radical (unpaired) electrons. The lowest BCUT2D eigenvalue weighted by Gasteiger charge is -2.04. The molecule has 3 heteroatoms. The van der Waals surface area contributed by atoms with Crippen LogP contribution in [0.2, 0.25) is 0 Å². The third-order valence-electron chi connectivity index (χ3n) is 4.65. The third-order valence-corrected chi connectivity index (χ3v) is 4.65. The van der Waals surface area contributed by atoms with Gasteiger partial charge in [-0.15, -0.1) is 0 Å². The average Bonchev–Trinajstić information content (AvgIpc) is 3.06. The minimum absolute atomic E-state index is 0.674. The maximum Gasteiger partial charge on any atom is 0.227 e. The molecule has 0 aliphatic heterocycles. The molecule has 5 aromatic rings. The fraction of sp³-hybridized carbons (Fsp3) is 0.0435. The smallest absolute Gasteiger partial charge is 0.227 e. The summed E-state index contributed by atoms with van der Waals surface area (Å²) < 4.78 is 6.08. The van der Waals surface area contributed by atoms with Crippen LogP contribution in [0.3, 0.4) is 0 Å². The quantitative estimate of drug-likeness (QED) is 0.396. The first-order valence-electron chi connectivity index (χ1n) is 8.60. The van der Waals surface area contributed by atoms with Gasteiger partial charge in [-0.3, -0.25) is 4.98 Å². The van der Waals surface area contributed by atoms with E-state index in [2.05, 4.69) is 40.3 Å². The Balaban J connectivity index is 1.66. The molecule has 0 aliphatic carbocycles. The van der Waals surface area contributed by atoms with E-state index < -0.39 is 0 Å². The maximum absolute atomic E-state index is 6.08. The number of furan rings is 1. The fourth-order valence-electron chi connectivity index (χ4n) is 3.33. The van der Waals surface area contributed by atoms with Crippen LogP contribution in [0.15, 0.2) is 83.4 Å². The van der Waals surface area contributed by atoms with Gasteiger partial charge in [0.25, 0.3) is 0 Å². The van der Waals surface area contributed by atoms with E-state index >= 15 is 0 Å². The SMILES string of the molecule is Cc1ccc2c(n1)oc1c(-c3ccc(-c4ccccc4)cn3)cccc12. The number of rotatable bonds is 2. The monoisotopic (exact) mass is 336 g/mol. The molecule has 0 aliphatic rings. The summed E-state index contributed by atoms with van der Waals surface area (Å²) in [5, 5.41) is 2.10. The van der Waals surface area contributed by atoms with Gasteiger partial charge in [0.2, 0.25) is 5.71 Å². The second-order valence-electron chi connectivity index (χ2n) is 6.39. The highest BCUT2D eigenvalue weighted by atomic mass is 16.3. The lowest BCUT2D eigenvalue weighted by Crippen LogP contribution is -1.85. The molecule has 0 bridgehead atoms. The number of para-hydroxylation sites is 1. The number of hydrogen-bond donors (Lipinski definition) is 0. The van der Waals surface area contributed by atoms with Gasteiger partial charge in [0.15, 0.2) is 0 Å². The molecule has 0 saturated carbocycles. The van der Waals surface area contributed by atoms with Crippen LogP contribution in [0.5, 0.6) is 0 Å². The molecule has 3 nitrogen and oxygen atoms in total. The van der Waals surface area contributed by atoms with Crippen molar-refractivity contribution in [2.45, 2.75) is 6.92 Å². The number of fused-ring (bicyclic) bond motifs is 3. The Hall–Kier alpha value is -3.46. The van der Waals surface area contributed by atoms with Crippen molar-refractivity contribution in [2.75, 3.05) is 0 Å². The summed E-state index contributed by atoms with van der Waals surface area (Å²) in [6.07, 6.45) is 1.91. The van der Waals surface area contributed by atoms with E-state index in [-0.39, 0.29) is 0 Å². The molecular weight excluding hydrogens is 320 g/mol. The van der Waals surface area contributed by atoms with Crippen molar-refractivity contribution in [2.24, 2.45) is 0 Å². The van der Waals surface area contributed by atoms with Gasteiger partial charge in [0.1, 0.15) is 5.58 Å². The van der Waals surface area contributed by atoms with Crippen molar-refractivity contribution in [3.8, 4) is 22.4 Å². The number of aromatic nitrogens is 2. The van der Waals surface area contributed by atoms with Crippen molar-refractivity contribution in [3.05, 3.63) is 84.7 Å². The van der Waals surface area contributed by atoms with Gasteiger partial charge in [-0.1, -0.05) is 48.5 Å². The first kappa shape index (κ1) is 14.8. The predicted octanol–water partition coefficient (Wildman–Crippen LogP) is 6.02. The summed E-state index contributed by atoms with van der Waals surface area (Å²) in [5.74, 6) is 0. The summed E-state index contributed by atoms with van der Waals surface area (Å²) in [7, 11) is 0. The van der Waals surface area contributed by atoms with Gasteiger partial charge < -0.3 is 4.42 Å². The summed E-state index contributed by atoms with van der Waals surface area (Å²) in [6, 6.07) is 24.6. The highest BCUT2D eigenvalue weighted by Crippen LogP contribution is 2.34. The Morgan fingerprint density at radius 3 is 2.42 bits per heavy atom. The molecule has 0 N–H and O–H groups in total. The van der Waals surface area contributed by atoms with E-state index in [0.29, 0.717) is 5.71 Å². The predicted molar refractivity (Wildman–Crippen MR) is 105 cm³/mol. The normalized spacial score (nSPS) is 11.3. The largest absolute Gasteiger partial charge is 0.437 e. The molecule has 0 saturated heterocycles. The molecule has 5 rings (SSSR count). The molecule has 26 heavy (non-hydrogen) atoms. The summed E-state index contributed by atoms with van der Waals surface area (Å²) in [6.45, 7) is 1.97. The zero-order chi connectivity index (χ0) is 17.5. The second-order valence-corrected chi connectivity index (χ2v) is 6.39. The minimum atomic E-state index is 0.674. The van der Waals surface area contributed by atoms with Crippen molar-refractivity contribution < 1.29 is 4.42 Å². The average molecular weight is 336 g/mol. The second kappa shape index (κ2) is 5.81. The Morgan fingerprint density at radius 1 is 0.731 bits per heavy atom. The van der Waals surface area contributed by atoms with Crippen LogP contribution < -0.4 is 0 Å². The van der Waals surface area contributed by atoms with Crippen molar-refractivity contribution in [3.63, 3.8) is 0 Å². The van der Waals surface area contributed by atoms with Gasteiger partial charge in [0, 0.05) is 33.8 Å². The number of hydrogen-bond acceptors (Lipinski definition) is 3. The molecule has 2 aromatic carbocycles. The van der Waals surface area contributed by atoms with Crippen LogP contribution in [-0.4, -0.2) is 9.97 Å². The van der Waals surface area contributed by atoms with Crippen LogP contribution in [0, 0.1) is 6.92 Å². The molecule has 3 heterocycles. The van der Waals surface area contributed by atoms with E-state index in [4.69, 9.17) is 4.42 Å². The zero-order valence-electron chi connectivity index (χ0n) is 14.3. The molecule has 0 atom stereocenters. The van der Waals surface area contributed by atoms with E-state index in [0.717, 1.165) is 44.4 Å². The standard InChI is InChI=1S/C23H16N2O/c1-15-10-12-19-18-8-5-9-20(22(18)26-23(19)25-15)21-13-11-17(14-24-21)16-6-3-2-4-7-16/h2-14H,1H3. The number of pyridine rings is 2. The third kappa shape index (κ3) is 2.37. The summed E-state index contributed by atoms with van der Waals surface area (Å²) in [4.78, 5) is 9.20. The van der Waals surface area contributed by atoms with Crippen LogP contribution in [-0.2, 0) is 0 Å². The van der Waals surface area contributed by atoms with Crippen LogP contribution >= 0.6 is 0 Å². The molecule has 124 valence electrons. The van der Waals surface area contributed by atoms with E-state index in [9.17, 15) is 0 Å². The maximum atomic E-state index is 6.08. The van der Waals surface area contributed by atoms with E-state index in [1.54, 1.807) is 0 Å². The lowest BCUT2D eigenvalue weighted by atomic mass is 10.0. The molecular formula is C23H16N2O. The van der Waals surface area contributed by atoms with Gasteiger partial charge in [-0.25, -0.2) is 4.98 Å². The van der Waals surface area contributed by atoms with Crippen molar-refractivity contribution in [1.29, 1.82) is 0 Å².